The van der Waals surface area contributed by atoms with Gasteiger partial charge < -0.3 is 18.3 Å². The summed E-state index contributed by atoms with van der Waals surface area (Å²) in [5.74, 6) is 0. The first-order chi connectivity index (χ1) is 7.17. The molecular weight excluding hydrogens is 212 g/mol. The predicted octanol–water partition coefficient (Wildman–Crippen LogP) is 1.60. The van der Waals surface area contributed by atoms with E-state index in [9.17, 15) is 0 Å². The third kappa shape index (κ3) is 3.69. The molecule has 0 N–H and O–H groups in total. The lowest BCUT2D eigenvalue weighted by atomic mass is 10.5. The Hall–Kier alpha value is -0.203. The second kappa shape index (κ2) is 5.76. The molecule has 5 heteroatoms. The summed E-state index contributed by atoms with van der Waals surface area (Å²) < 4.78 is 21.4. The van der Waals surface area contributed by atoms with E-state index in [1.807, 2.05) is 12.6 Å². The van der Waals surface area contributed by atoms with Crippen LogP contribution in [0.2, 0.25) is 6.04 Å². The third-order valence-electron chi connectivity index (χ3n) is 2.61. The highest BCUT2D eigenvalue weighted by molar-refractivity contribution is 6.72. The Labute approximate surface area is 92.4 Å². The second-order valence-corrected chi connectivity index (χ2v) is 6.96. The normalized spacial score (nSPS) is 25.3. The zero-order valence-corrected chi connectivity index (χ0v) is 10.7. The van der Waals surface area contributed by atoms with Crippen molar-refractivity contribution in [3.05, 3.63) is 12.3 Å². The molecule has 0 aromatic heterocycles. The van der Waals surface area contributed by atoms with Crippen molar-refractivity contribution in [2.75, 3.05) is 20.8 Å². The summed E-state index contributed by atoms with van der Waals surface area (Å²) in [7, 11) is 1.20. The van der Waals surface area contributed by atoms with Crippen LogP contribution in [0, 0.1) is 0 Å². The summed E-state index contributed by atoms with van der Waals surface area (Å²) in [5, 5.41) is 0. The predicted molar refractivity (Wildman–Crippen MR) is 59.7 cm³/mol. The molecule has 88 valence electrons. The molecule has 1 heterocycles. The van der Waals surface area contributed by atoms with Gasteiger partial charge in [-0.25, -0.2) is 0 Å². The number of epoxide rings is 1. The van der Waals surface area contributed by atoms with Gasteiger partial charge in [-0.05, 0) is 25.1 Å². The van der Waals surface area contributed by atoms with Gasteiger partial charge in [0.05, 0.1) is 0 Å². The highest BCUT2D eigenvalue weighted by atomic mass is 28.4. The average molecular weight is 232 g/mol. The van der Waals surface area contributed by atoms with Gasteiger partial charge in [0.15, 0.2) is 6.29 Å². The molecular formula is C10H20O4Si. The topological polar surface area (TPSA) is 40.2 Å². The smallest absolute Gasteiger partial charge is 0.364 e. The molecule has 1 aliphatic rings. The van der Waals surface area contributed by atoms with Gasteiger partial charge in [-0.1, -0.05) is 0 Å². The monoisotopic (exact) mass is 232 g/mol. The van der Waals surface area contributed by atoms with E-state index >= 15 is 0 Å². The lowest BCUT2D eigenvalue weighted by Crippen LogP contribution is -2.38. The molecule has 1 saturated heterocycles. The average Bonchev–Trinajstić information content (AvgIpc) is 2.96. The first-order valence-corrected chi connectivity index (χ1v) is 7.28. The molecule has 2 atom stereocenters. The van der Waals surface area contributed by atoms with Crippen molar-refractivity contribution in [3.63, 3.8) is 0 Å². The van der Waals surface area contributed by atoms with Gasteiger partial charge in [0.2, 0.25) is 0 Å². The Morgan fingerprint density at radius 1 is 1.40 bits per heavy atom. The largest absolute Gasteiger partial charge is 0.395 e. The van der Waals surface area contributed by atoms with Crippen LogP contribution in [0.4, 0.5) is 0 Å². The maximum absolute atomic E-state index is 5.45. The summed E-state index contributed by atoms with van der Waals surface area (Å²) >= 11 is 0. The van der Waals surface area contributed by atoms with Crippen LogP contribution in [-0.4, -0.2) is 41.8 Å². The molecule has 0 radical (unpaired) electrons. The quantitative estimate of drug-likeness (QED) is 0.362. The molecule has 0 aliphatic carbocycles. The van der Waals surface area contributed by atoms with Crippen LogP contribution < -0.4 is 0 Å². The second-order valence-electron chi connectivity index (χ2n) is 3.61. The van der Waals surface area contributed by atoms with Gasteiger partial charge in [0.1, 0.15) is 6.10 Å². The first kappa shape index (κ1) is 12.9. The van der Waals surface area contributed by atoms with E-state index in [0.717, 1.165) is 12.5 Å². The van der Waals surface area contributed by atoms with E-state index in [1.54, 1.807) is 14.2 Å². The lowest BCUT2D eigenvalue weighted by Gasteiger charge is -2.23. The molecule has 0 bridgehead atoms. The standard InChI is InChI=1S/C10H20O4Si/c1-5-15(11-3,12-4)8-6-7-13-10-9(2)14-10/h5,9-10H,1,6-8H2,2-4H3. The van der Waals surface area contributed by atoms with Crippen molar-refractivity contribution in [1.82, 2.24) is 0 Å². The molecule has 1 aliphatic heterocycles. The van der Waals surface area contributed by atoms with Gasteiger partial charge in [-0.15, -0.1) is 6.58 Å². The van der Waals surface area contributed by atoms with Crippen LogP contribution in [0.5, 0.6) is 0 Å². The Morgan fingerprint density at radius 3 is 2.40 bits per heavy atom. The van der Waals surface area contributed by atoms with Crippen LogP contribution in [0.15, 0.2) is 12.3 Å². The first-order valence-electron chi connectivity index (χ1n) is 5.18. The molecule has 1 fully saturated rings. The SMILES string of the molecule is C=C[Si](CCCOC1OC1C)(OC)OC. The summed E-state index contributed by atoms with van der Waals surface area (Å²) in [5.41, 5.74) is 1.81. The molecule has 2 unspecified atom stereocenters. The fraction of sp³-hybridized carbons (Fsp3) is 0.800. The maximum Gasteiger partial charge on any atom is 0.364 e. The Balaban J connectivity index is 2.13. The Kier molecular flexibility index (Phi) is 4.94. The Bertz CT molecular complexity index is 206. The number of rotatable bonds is 8. The van der Waals surface area contributed by atoms with Crippen molar-refractivity contribution in [2.24, 2.45) is 0 Å². The van der Waals surface area contributed by atoms with Crippen LogP contribution in [0.1, 0.15) is 13.3 Å². The molecule has 1 rings (SSSR count). The van der Waals surface area contributed by atoms with Crippen molar-refractivity contribution in [2.45, 2.75) is 31.8 Å². The van der Waals surface area contributed by atoms with E-state index < -0.39 is 8.56 Å². The number of hydrogen-bond donors (Lipinski definition) is 0. The van der Waals surface area contributed by atoms with Gasteiger partial charge in [-0.3, -0.25) is 0 Å². The van der Waals surface area contributed by atoms with Crippen molar-refractivity contribution >= 4 is 8.56 Å². The third-order valence-corrected chi connectivity index (χ3v) is 5.66. The van der Waals surface area contributed by atoms with Gasteiger partial charge in [0, 0.05) is 20.8 Å². The van der Waals surface area contributed by atoms with Gasteiger partial charge in [-0.2, -0.15) is 0 Å². The van der Waals surface area contributed by atoms with E-state index in [1.165, 1.54) is 0 Å². The van der Waals surface area contributed by atoms with Crippen molar-refractivity contribution < 1.29 is 18.3 Å². The van der Waals surface area contributed by atoms with E-state index in [2.05, 4.69) is 6.58 Å². The lowest BCUT2D eigenvalue weighted by molar-refractivity contribution is 0.0496. The fourth-order valence-electron chi connectivity index (χ4n) is 1.42. The van der Waals surface area contributed by atoms with Crippen LogP contribution in [0.25, 0.3) is 0 Å². The highest BCUT2D eigenvalue weighted by Gasteiger charge is 2.36. The minimum absolute atomic E-state index is 0.00916. The van der Waals surface area contributed by atoms with Gasteiger partial charge in [0.25, 0.3) is 0 Å². The van der Waals surface area contributed by atoms with Crippen LogP contribution >= 0.6 is 0 Å². The van der Waals surface area contributed by atoms with Gasteiger partial charge >= 0.3 is 8.56 Å². The number of hydrogen-bond acceptors (Lipinski definition) is 4. The van der Waals surface area contributed by atoms with Crippen LogP contribution in [-0.2, 0) is 18.3 Å². The summed E-state index contributed by atoms with van der Waals surface area (Å²) in [6.45, 7) is 6.44. The molecule has 0 aromatic rings. The molecule has 0 aromatic carbocycles. The molecule has 0 saturated carbocycles. The minimum atomic E-state index is -2.14. The summed E-state index contributed by atoms with van der Waals surface area (Å²) in [6.07, 6.45) is 1.18. The zero-order valence-electron chi connectivity index (χ0n) is 9.69. The van der Waals surface area contributed by atoms with E-state index in [-0.39, 0.29) is 12.4 Å². The molecule has 0 spiro atoms. The molecule has 0 amide bonds. The van der Waals surface area contributed by atoms with Crippen LogP contribution in [0.3, 0.4) is 0 Å². The van der Waals surface area contributed by atoms with E-state index in [0.29, 0.717) is 6.61 Å². The molecule has 4 nitrogen and oxygen atoms in total. The summed E-state index contributed by atoms with van der Waals surface area (Å²) in [4.78, 5) is 0. The Morgan fingerprint density at radius 2 is 2.00 bits per heavy atom. The zero-order chi connectivity index (χ0) is 11.3. The summed E-state index contributed by atoms with van der Waals surface area (Å²) in [6, 6.07) is 0.866. The fourth-order valence-corrected chi connectivity index (χ4v) is 3.16. The van der Waals surface area contributed by atoms with E-state index in [4.69, 9.17) is 18.3 Å². The number of ether oxygens (including phenoxy) is 2. The van der Waals surface area contributed by atoms with Crippen molar-refractivity contribution in [1.29, 1.82) is 0 Å². The maximum atomic E-state index is 5.45. The highest BCUT2D eigenvalue weighted by Crippen LogP contribution is 2.23. The minimum Gasteiger partial charge on any atom is -0.395 e. The van der Waals surface area contributed by atoms with Crippen molar-refractivity contribution in [3.8, 4) is 0 Å². The molecule has 15 heavy (non-hydrogen) atoms.